The molecule has 0 saturated heterocycles. The van der Waals surface area contributed by atoms with E-state index in [1.54, 1.807) is 0 Å². The molecule has 0 amide bonds. The number of aromatic nitrogens is 8. The lowest BCUT2D eigenvalue weighted by Crippen LogP contribution is -1.85. The van der Waals surface area contributed by atoms with Gasteiger partial charge in [0.25, 0.3) is 0 Å². The number of rotatable bonds is 0. The summed E-state index contributed by atoms with van der Waals surface area (Å²) in [5.74, 6) is 0. The maximum absolute atomic E-state index is 5.57. The van der Waals surface area contributed by atoms with Crippen molar-refractivity contribution in [1.29, 1.82) is 0 Å². The van der Waals surface area contributed by atoms with Crippen LogP contribution >= 0.6 is 0 Å². The first-order valence-corrected chi connectivity index (χ1v) is 27.2. The van der Waals surface area contributed by atoms with E-state index in [9.17, 15) is 0 Å². The molecular weight excluding hydrogens is 977 g/mol. The number of hydrogen-bond donors (Lipinski definition) is 4. The fourth-order valence-electron chi connectivity index (χ4n) is 13.6. The lowest BCUT2D eigenvalue weighted by molar-refractivity contribution is 1.41. The van der Waals surface area contributed by atoms with E-state index in [-0.39, 0.29) is 0 Å². The van der Waals surface area contributed by atoms with E-state index < -0.39 is 0 Å². The number of nitrogens with zero attached hydrogens (tertiary/aromatic N) is 4. The predicted octanol–water partition coefficient (Wildman–Crippen LogP) is 18.8. The van der Waals surface area contributed by atoms with Crippen LogP contribution in [0.3, 0.4) is 0 Å². The maximum Gasteiger partial charge on any atom is 0.0737 e. The lowest BCUT2D eigenvalue weighted by atomic mass is 9.90. The van der Waals surface area contributed by atoms with E-state index in [2.05, 4.69) is 238 Å². The largest absolute Gasteiger partial charge is 0.354 e. The van der Waals surface area contributed by atoms with Gasteiger partial charge in [-0.15, -0.1) is 0 Å². The average Bonchev–Trinajstić information content (AvgIpc) is 4.54. The highest BCUT2D eigenvalue weighted by Crippen LogP contribution is 2.45. The number of H-pyrrole nitrogens is 4. The van der Waals surface area contributed by atoms with Crippen molar-refractivity contribution in [3.05, 3.63) is 218 Å². The van der Waals surface area contributed by atoms with Crippen LogP contribution in [-0.2, 0) is 0 Å². The van der Waals surface area contributed by atoms with E-state index >= 15 is 0 Å². The number of hydrogen-bond acceptors (Lipinski definition) is 4. The molecule has 8 nitrogen and oxygen atoms in total. The summed E-state index contributed by atoms with van der Waals surface area (Å²) in [4.78, 5) is 37.2. The van der Waals surface area contributed by atoms with Crippen LogP contribution in [0.5, 0.6) is 0 Å². The van der Waals surface area contributed by atoms with Gasteiger partial charge in [0.15, 0.2) is 0 Å². The minimum Gasteiger partial charge on any atom is -0.354 e. The lowest BCUT2D eigenvalue weighted by Gasteiger charge is -2.12. The van der Waals surface area contributed by atoms with E-state index in [1.807, 2.05) is 0 Å². The van der Waals surface area contributed by atoms with Crippen molar-refractivity contribution in [2.24, 2.45) is 0 Å². The van der Waals surface area contributed by atoms with Gasteiger partial charge in [-0.2, -0.15) is 0 Å². The Morgan fingerprint density at radius 2 is 0.375 bits per heavy atom. The first-order valence-electron chi connectivity index (χ1n) is 27.2. The molecule has 0 atom stereocenters. The molecule has 4 N–H and O–H groups in total. The Labute approximate surface area is 453 Å². The van der Waals surface area contributed by atoms with Gasteiger partial charge in [0, 0.05) is 131 Å². The topological polar surface area (TPSA) is 115 Å². The molecular formula is C72H40N8. The third-order valence-corrected chi connectivity index (χ3v) is 17.3. The number of fused-ring (bicyclic) bond motifs is 44. The zero-order valence-corrected chi connectivity index (χ0v) is 42.6. The summed E-state index contributed by atoms with van der Waals surface area (Å²) < 4.78 is 0. The Hall–Kier alpha value is -11.0. The van der Waals surface area contributed by atoms with Crippen LogP contribution in [-0.4, -0.2) is 39.9 Å². The predicted molar refractivity (Wildman–Crippen MR) is 333 cm³/mol. The van der Waals surface area contributed by atoms with Crippen LogP contribution < -0.4 is 0 Å². The Balaban J connectivity index is 0.923. The molecule has 17 aromatic rings. The minimum atomic E-state index is 0.906. The number of benzene rings is 8. The van der Waals surface area contributed by atoms with Crippen molar-refractivity contribution in [2.45, 2.75) is 0 Å². The summed E-state index contributed by atoms with van der Waals surface area (Å²) in [6.45, 7) is 0. The number of nitrogens with one attached hydrogen (secondary N) is 4. The standard InChI is InChI=1S/C72H40N8/c1-2-14-38-37(13-1)57-29-61-41-17-5-9-21-45(41)65(75-61)33-69-53-25-49-50(26-54(53)70(79-69)34-66-46-22-10-6-18-42(46)62(76-66)30-58(38)73-57)52-28-56-55(27-51(49)52)71-35-67-47-23-11-7-19-43(47)63(77-67)31-59-39-15-3-4-16-40(39)60(74-59)32-64-44-20-8-12-24-48(44)68(78-64)36-72(56)80-71/h1-36,75-78H. The molecule has 16 bridgehead atoms. The summed E-state index contributed by atoms with van der Waals surface area (Å²) in [6, 6.07) is 78.8. The molecule has 19 rings (SSSR count). The van der Waals surface area contributed by atoms with Crippen molar-refractivity contribution in [2.75, 3.05) is 0 Å². The van der Waals surface area contributed by atoms with Gasteiger partial charge in [0.2, 0.25) is 0 Å². The molecule has 0 fully saturated rings. The summed E-state index contributed by atoms with van der Waals surface area (Å²) in [5.41, 5.74) is 19.8. The van der Waals surface area contributed by atoms with Gasteiger partial charge in [-0.05, 0) is 94.3 Å². The average molecular weight is 1020 g/mol. The summed E-state index contributed by atoms with van der Waals surface area (Å²) in [7, 11) is 0. The van der Waals surface area contributed by atoms with Crippen LogP contribution in [0.1, 0.15) is 0 Å². The van der Waals surface area contributed by atoms with E-state index in [1.165, 1.54) is 21.5 Å². The van der Waals surface area contributed by atoms with Crippen LogP contribution in [0.25, 0.3) is 197 Å². The summed E-state index contributed by atoms with van der Waals surface area (Å²) >= 11 is 0. The van der Waals surface area contributed by atoms with Gasteiger partial charge < -0.3 is 19.9 Å². The van der Waals surface area contributed by atoms with Crippen molar-refractivity contribution in [3.63, 3.8) is 0 Å². The third kappa shape index (κ3) is 5.88. The highest BCUT2D eigenvalue weighted by Gasteiger charge is 2.22. The second-order valence-electron chi connectivity index (χ2n) is 21.7. The fourth-order valence-corrected chi connectivity index (χ4v) is 13.6. The van der Waals surface area contributed by atoms with E-state index in [4.69, 9.17) is 19.9 Å². The van der Waals surface area contributed by atoms with Crippen molar-refractivity contribution < 1.29 is 0 Å². The molecule has 0 unspecified atom stereocenters. The van der Waals surface area contributed by atoms with Crippen LogP contribution in [0.4, 0.5) is 0 Å². The molecule has 0 spiro atoms. The first-order chi connectivity index (χ1) is 39.6. The molecule has 8 aromatic heterocycles. The summed E-state index contributed by atoms with van der Waals surface area (Å²) in [6.07, 6.45) is 0. The molecule has 9 aromatic carbocycles. The van der Waals surface area contributed by atoms with Gasteiger partial charge >= 0.3 is 0 Å². The van der Waals surface area contributed by atoms with Crippen LogP contribution in [0.15, 0.2) is 218 Å². The molecule has 2 aliphatic heterocycles. The fraction of sp³-hybridized carbons (Fsp3) is 0. The normalized spacial score (nSPS) is 12.5. The molecule has 8 heteroatoms. The van der Waals surface area contributed by atoms with Crippen molar-refractivity contribution in [1.82, 2.24) is 39.9 Å². The van der Waals surface area contributed by atoms with Gasteiger partial charge in [-0.1, -0.05) is 146 Å². The van der Waals surface area contributed by atoms with Gasteiger partial charge in [0.1, 0.15) is 0 Å². The van der Waals surface area contributed by atoms with Gasteiger partial charge in [-0.25, -0.2) is 19.9 Å². The monoisotopic (exact) mass is 1020 g/mol. The highest BCUT2D eigenvalue weighted by molar-refractivity contribution is 6.34. The Morgan fingerprint density at radius 1 is 0.175 bits per heavy atom. The van der Waals surface area contributed by atoms with Crippen molar-refractivity contribution >= 4 is 152 Å². The number of aromatic amines is 4. The van der Waals surface area contributed by atoms with E-state index in [0.717, 1.165) is 176 Å². The second kappa shape index (κ2) is 15.4. The second-order valence-corrected chi connectivity index (χ2v) is 21.7. The zero-order valence-electron chi connectivity index (χ0n) is 42.6. The molecule has 368 valence electrons. The molecule has 2 aliphatic rings. The zero-order chi connectivity index (χ0) is 51.9. The molecule has 0 saturated carbocycles. The smallest absolute Gasteiger partial charge is 0.0737 e. The van der Waals surface area contributed by atoms with E-state index in [0.29, 0.717) is 0 Å². The highest BCUT2D eigenvalue weighted by atomic mass is 14.8. The minimum absolute atomic E-state index is 0.906. The van der Waals surface area contributed by atoms with Crippen LogP contribution in [0.2, 0.25) is 0 Å². The maximum atomic E-state index is 5.57. The SMILES string of the molecule is c1ccc2c(c1)-c1cc3[nH]c(cc4nc(cc5[nH]c(cc-2n1)c1ccccc51)c1cc2c(cc41)c1cc4c5cc6[nH]c(cc7nc(cc8[nH]c(cc(n5)c4cc21)c1ccccc81)-c1ccccc1-7)c1ccccc61)c1ccccc31. The Bertz CT molecular complexity index is 5200. The quantitative estimate of drug-likeness (QED) is 0.121. The first kappa shape index (κ1) is 42.2. The van der Waals surface area contributed by atoms with Crippen molar-refractivity contribution in [3.8, 4) is 45.0 Å². The Morgan fingerprint density at radius 3 is 0.600 bits per heavy atom. The summed E-state index contributed by atoms with van der Waals surface area (Å²) in [5, 5.41) is 18.2. The molecule has 0 aliphatic carbocycles. The Kier molecular flexibility index (Phi) is 8.11. The molecule has 80 heavy (non-hydrogen) atoms. The van der Waals surface area contributed by atoms with Crippen LogP contribution in [0, 0.1) is 0 Å². The van der Waals surface area contributed by atoms with Gasteiger partial charge in [0.05, 0.1) is 44.8 Å². The third-order valence-electron chi connectivity index (χ3n) is 17.3. The van der Waals surface area contributed by atoms with Gasteiger partial charge in [-0.3, -0.25) is 0 Å². The molecule has 0 radical (unpaired) electrons. The molecule has 10 heterocycles.